The van der Waals surface area contributed by atoms with Crippen LogP contribution in [-0.4, -0.2) is 65.9 Å². The van der Waals surface area contributed by atoms with Gasteiger partial charge >= 0.3 is 0 Å². The van der Waals surface area contributed by atoms with Gasteiger partial charge in [-0.1, -0.05) is 32.0 Å². The molecule has 0 aliphatic rings. The molecule has 0 amide bonds. The lowest BCUT2D eigenvalue weighted by molar-refractivity contribution is 0.00324. The van der Waals surface area contributed by atoms with Gasteiger partial charge in [-0.3, -0.25) is 4.90 Å². The van der Waals surface area contributed by atoms with Crippen molar-refractivity contribution in [2.75, 3.05) is 40.0 Å². The number of hydrogen-bond donors (Lipinski definition) is 1. The van der Waals surface area contributed by atoms with Gasteiger partial charge in [-0.2, -0.15) is 5.10 Å². The molecule has 0 aliphatic carbocycles. The zero-order valence-corrected chi connectivity index (χ0v) is 21.0. The van der Waals surface area contributed by atoms with Crippen molar-refractivity contribution in [1.82, 2.24) is 14.7 Å². The summed E-state index contributed by atoms with van der Waals surface area (Å²) in [5, 5.41) is 15.3. The summed E-state index contributed by atoms with van der Waals surface area (Å²) in [6, 6.07) is 15.6. The van der Waals surface area contributed by atoms with Crippen molar-refractivity contribution in [1.29, 1.82) is 0 Å². The van der Waals surface area contributed by atoms with Gasteiger partial charge in [0.15, 0.2) is 0 Å². The van der Waals surface area contributed by atoms with Crippen molar-refractivity contribution in [3.8, 4) is 17.3 Å². The maximum Gasteiger partial charge on any atom is 0.227 e. The first kappa shape index (κ1) is 26.8. The summed E-state index contributed by atoms with van der Waals surface area (Å²) >= 11 is 0. The second-order valence-electron chi connectivity index (χ2n) is 8.99. The van der Waals surface area contributed by atoms with Gasteiger partial charge in [-0.05, 0) is 49.2 Å². The van der Waals surface area contributed by atoms with E-state index in [2.05, 4.69) is 18.7 Å². The molecule has 8 heteroatoms. The summed E-state index contributed by atoms with van der Waals surface area (Å²) < 4.78 is 32.4. The molecule has 3 rings (SSSR count). The van der Waals surface area contributed by atoms with Crippen molar-refractivity contribution in [2.45, 2.75) is 33.4 Å². The molecular weight excluding hydrogens is 449 g/mol. The number of methoxy groups -OCH3 is 1. The van der Waals surface area contributed by atoms with Crippen LogP contribution >= 0.6 is 0 Å². The van der Waals surface area contributed by atoms with Gasteiger partial charge in [-0.15, -0.1) is 0 Å². The molecule has 0 saturated heterocycles. The van der Waals surface area contributed by atoms with Crippen LogP contribution in [0.4, 0.5) is 4.39 Å². The first-order chi connectivity index (χ1) is 16.9. The van der Waals surface area contributed by atoms with Crippen LogP contribution in [0.1, 0.15) is 25.1 Å². The van der Waals surface area contributed by atoms with Gasteiger partial charge in [0.25, 0.3) is 0 Å². The van der Waals surface area contributed by atoms with Crippen LogP contribution in [0.5, 0.6) is 11.6 Å². The third-order valence-corrected chi connectivity index (χ3v) is 5.39. The second kappa shape index (κ2) is 13.3. The fourth-order valence-corrected chi connectivity index (χ4v) is 3.65. The minimum atomic E-state index is -0.642. The number of halogens is 1. The number of para-hydroxylation sites is 1. The van der Waals surface area contributed by atoms with E-state index >= 15 is 0 Å². The van der Waals surface area contributed by atoms with Crippen molar-refractivity contribution >= 4 is 0 Å². The molecule has 1 heterocycles. The number of aryl methyl sites for hydroxylation is 1. The molecule has 1 aromatic heterocycles. The lowest BCUT2D eigenvalue weighted by atomic mass is 10.2. The summed E-state index contributed by atoms with van der Waals surface area (Å²) in [5.41, 5.74) is 2.54. The number of nitrogens with zero attached hydrogens (tertiary/aromatic N) is 3. The zero-order valence-electron chi connectivity index (χ0n) is 21.0. The maximum absolute atomic E-state index is 13.5. The van der Waals surface area contributed by atoms with E-state index in [0.717, 1.165) is 16.9 Å². The van der Waals surface area contributed by atoms with Crippen LogP contribution in [0.2, 0.25) is 0 Å². The summed E-state index contributed by atoms with van der Waals surface area (Å²) in [4.78, 5) is 2.10. The van der Waals surface area contributed by atoms with E-state index in [1.54, 1.807) is 23.9 Å². The monoisotopic (exact) mass is 485 g/mol. The Hall–Kier alpha value is -2.78. The smallest absolute Gasteiger partial charge is 0.227 e. The molecule has 3 aromatic rings. The van der Waals surface area contributed by atoms with Gasteiger partial charge in [0.05, 0.1) is 36.3 Å². The molecule has 190 valence electrons. The van der Waals surface area contributed by atoms with Crippen molar-refractivity contribution in [3.63, 3.8) is 0 Å². The highest BCUT2D eigenvalue weighted by molar-refractivity contribution is 5.43. The molecule has 1 N–H and O–H groups in total. The molecule has 0 unspecified atom stereocenters. The van der Waals surface area contributed by atoms with Gasteiger partial charge < -0.3 is 19.3 Å². The van der Waals surface area contributed by atoms with E-state index in [4.69, 9.17) is 19.3 Å². The molecule has 0 fully saturated rings. The standard InChI is InChI=1S/C27H36FN3O4/c1-20(2)18-34-19-24(32)16-30(14-15-33-4)17-26-21(3)29-31(23-8-6-5-7-9-23)27(26)35-25-12-10-22(28)11-13-25/h5-13,20,24,32H,14-19H2,1-4H3/t24-/m1/s1. The maximum atomic E-state index is 13.5. The molecule has 35 heavy (non-hydrogen) atoms. The Morgan fingerprint density at radius 1 is 1.06 bits per heavy atom. The van der Waals surface area contributed by atoms with E-state index in [1.807, 2.05) is 37.3 Å². The second-order valence-corrected chi connectivity index (χ2v) is 8.99. The van der Waals surface area contributed by atoms with E-state index in [9.17, 15) is 9.50 Å². The fraction of sp³-hybridized carbons (Fsp3) is 0.444. The first-order valence-electron chi connectivity index (χ1n) is 11.9. The van der Waals surface area contributed by atoms with Crippen LogP contribution in [0, 0.1) is 18.7 Å². The predicted octanol–water partition coefficient (Wildman–Crippen LogP) is 4.59. The Morgan fingerprint density at radius 3 is 2.43 bits per heavy atom. The number of aromatic nitrogens is 2. The number of aliphatic hydroxyl groups is 1. The van der Waals surface area contributed by atoms with E-state index in [0.29, 0.717) is 50.4 Å². The predicted molar refractivity (Wildman–Crippen MR) is 134 cm³/mol. The Labute approximate surface area is 207 Å². The molecule has 0 aliphatic heterocycles. The molecule has 7 nitrogen and oxygen atoms in total. The van der Waals surface area contributed by atoms with Gasteiger partial charge in [-0.25, -0.2) is 9.07 Å². The summed E-state index contributed by atoms with van der Waals surface area (Å²) in [5.74, 6) is 1.14. The number of ether oxygens (including phenoxy) is 3. The Morgan fingerprint density at radius 2 is 1.77 bits per heavy atom. The Balaban J connectivity index is 1.88. The van der Waals surface area contributed by atoms with E-state index in [1.165, 1.54) is 12.1 Å². The highest BCUT2D eigenvalue weighted by Crippen LogP contribution is 2.31. The lowest BCUT2D eigenvalue weighted by Gasteiger charge is -2.25. The minimum absolute atomic E-state index is 0.267. The Kier molecular flexibility index (Phi) is 10.2. The first-order valence-corrected chi connectivity index (χ1v) is 11.9. The molecule has 0 spiro atoms. The SMILES string of the molecule is COCCN(Cc1c(C)nn(-c2ccccc2)c1Oc1ccc(F)cc1)C[C@@H](O)COCC(C)C. The summed E-state index contributed by atoms with van der Waals surface area (Å²) in [6.45, 7) is 8.98. The highest BCUT2D eigenvalue weighted by Gasteiger charge is 2.22. The van der Waals surface area contributed by atoms with Gasteiger partial charge in [0, 0.05) is 33.4 Å². The minimum Gasteiger partial charge on any atom is -0.439 e. The third-order valence-electron chi connectivity index (χ3n) is 5.39. The van der Waals surface area contributed by atoms with Crippen LogP contribution in [0.25, 0.3) is 5.69 Å². The van der Waals surface area contributed by atoms with Crippen LogP contribution in [0.3, 0.4) is 0 Å². The quantitative estimate of drug-likeness (QED) is 0.360. The van der Waals surface area contributed by atoms with Gasteiger partial charge in [0.2, 0.25) is 5.88 Å². The molecule has 0 saturated carbocycles. The van der Waals surface area contributed by atoms with Crippen LogP contribution < -0.4 is 4.74 Å². The molecular formula is C27H36FN3O4. The number of hydrogen-bond acceptors (Lipinski definition) is 6. The van der Waals surface area contributed by atoms with Crippen LogP contribution in [-0.2, 0) is 16.0 Å². The summed E-state index contributed by atoms with van der Waals surface area (Å²) in [7, 11) is 1.65. The normalized spacial score (nSPS) is 12.5. The largest absolute Gasteiger partial charge is 0.439 e. The molecule has 0 radical (unpaired) electrons. The average Bonchev–Trinajstić information content (AvgIpc) is 3.14. The molecule has 0 bridgehead atoms. The van der Waals surface area contributed by atoms with Crippen LogP contribution in [0.15, 0.2) is 54.6 Å². The van der Waals surface area contributed by atoms with Crippen molar-refractivity contribution in [2.24, 2.45) is 5.92 Å². The van der Waals surface area contributed by atoms with E-state index in [-0.39, 0.29) is 12.4 Å². The zero-order chi connectivity index (χ0) is 25.2. The molecule has 2 aromatic carbocycles. The van der Waals surface area contributed by atoms with E-state index < -0.39 is 6.10 Å². The number of aliphatic hydroxyl groups excluding tert-OH is 1. The van der Waals surface area contributed by atoms with Gasteiger partial charge in [0.1, 0.15) is 11.6 Å². The van der Waals surface area contributed by atoms with Crippen molar-refractivity contribution < 1.29 is 23.7 Å². The Bertz CT molecular complexity index is 1020. The average molecular weight is 486 g/mol. The number of benzene rings is 2. The number of rotatable bonds is 14. The highest BCUT2D eigenvalue weighted by atomic mass is 19.1. The molecule has 1 atom stereocenters. The summed E-state index contributed by atoms with van der Waals surface area (Å²) in [6.07, 6.45) is -0.642. The van der Waals surface area contributed by atoms with Crippen molar-refractivity contribution in [3.05, 3.63) is 71.7 Å². The topological polar surface area (TPSA) is 69.0 Å². The fourth-order valence-electron chi connectivity index (χ4n) is 3.65. The third kappa shape index (κ3) is 8.14. The lowest BCUT2D eigenvalue weighted by Crippen LogP contribution is -2.37.